The van der Waals surface area contributed by atoms with Gasteiger partial charge >= 0.3 is 0 Å². The molecule has 0 aliphatic carbocycles. The Hall–Kier alpha value is -2.27. The van der Waals surface area contributed by atoms with E-state index in [2.05, 4.69) is 4.98 Å². The van der Waals surface area contributed by atoms with Crippen LogP contribution in [0.4, 0.5) is 4.39 Å². The number of hydrogen-bond donors (Lipinski definition) is 0. The van der Waals surface area contributed by atoms with E-state index in [0.29, 0.717) is 22.8 Å². The Morgan fingerprint density at radius 2 is 1.92 bits per heavy atom. The highest BCUT2D eigenvalue weighted by molar-refractivity contribution is 6.31. The molecule has 4 nitrogen and oxygen atoms in total. The zero-order valence-corrected chi connectivity index (χ0v) is 15.4. The fraction of sp³-hybridized carbons (Fsp3) is 0.316. The topological polar surface area (TPSA) is 50.3 Å². The minimum atomic E-state index is -0.513. The lowest BCUT2D eigenvalue weighted by molar-refractivity contribution is 0.0717. The van der Waals surface area contributed by atoms with Crippen LogP contribution in [-0.4, -0.2) is 34.2 Å². The zero-order valence-electron chi connectivity index (χ0n) is 14.6. The number of halogens is 2. The summed E-state index contributed by atoms with van der Waals surface area (Å²) in [6.07, 6.45) is 0. The summed E-state index contributed by atoms with van der Waals surface area (Å²) in [6, 6.07) is 6.93. The van der Waals surface area contributed by atoms with Crippen LogP contribution in [0.3, 0.4) is 0 Å². The number of pyridine rings is 1. The van der Waals surface area contributed by atoms with Crippen molar-refractivity contribution < 1.29 is 14.0 Å². The molecular formula is C19H20ClFN2O2. The summed E-state index contributed by atoms with van der Waals surface area (Å²) in [4.78, 5) is 30.5. The maximum atomic E-state index is 13.8. The molecule has 0 bridgehead atoms. The van der Waals surface area contributed by atoms with E-state index in [1.165, 1.54) is 31.2 Å². The second-order valence-electron chi connectivity index (χ2n) is 5.99. The normalized spacial score (nSPS) is 10.8. The first kappa shape index (κ1) is 19.1. The van der Waals surface area contributed by atoms with Crippen LogP contribution in [0.2, 0.25) is 5.02 Å². The summed E-state index contributed by atoms with van der Waals surface area (Å²) < 4.78 is 13.8. The zero-order chi connectivity index (χ0) is 18.7. The van der Waals surface area contributed by atoms with Crippen LogP contribution in [0.1, 0.15) is 48.5 Å². The molecular weight excluding hydrogens is 343 g/mol. The molecule has 0 aliphatic rings. The summed E-state index contributed by atoms with van der Waals surface area (Å²) in [5.41, 5.74) is 1.19. The second-order valence-corrected chi connectivity index (χ2v) is 6.42. The third kappa shape index (κ3) is 4.23. The highest BCUT2D eigenvalue weighted by Crippen LogP contribution is 2.27. The molecule has 1 aromatic heterocycles. The van der Waals surface area contributed by atoms with Gasteiger partial charge in [-0.15, -0.1) is 0 Å². The number of benzene rings is 1. The first-order valence-electron chi connectivity index (χ1n) is 8.04. The van der Waals surface area contributed by atoms with Gasteiger partial charge in [0.05, 0.1) is 11.3 Å². The van der Waals surface area contributed by atoms with E-state index in [1.807, 2.05) is 20.8 Å². The molecule has 0 saturated carbocycles. The molecule has 1 amide bonds. The summed E-state index contributed by atoms with van der Waals surface area (Å²) in [6.45, 7) is 7.53. The quantitative estimate of drug-likeness (QED) is 0.729. The van der Waals surface area contributed by atoms with Crippen LogP contribution in [0.15, 0.2) is 30.3 Å². The lowest BCUT2D eigenvalue weighted by atomic mass is 10.0. The van der Waals surface area contributed by atoms with Crippen molar-refractivity contribution >= 4 is 23.3 Å². The Balaban J connectivity index is 2.64. The highest BCUT2D eigenvalue weighted by atomic mass is 35.5. The molecule has 1 aromatic carbocycles. The van der Waals surface area contributed by atoms with Crippen LogP contribution < -0.4 is 0 Å². The van der Waals surface area contributed by atoms with Gasteiger partial charge in [-0.3, -0.25) is 9.59 Å². The van der Waals surface area contributed by atoms with Crippen molar-refractivity contribution in [3.8, 4) is 11.3 Å². The molecule has 0 saturated heterocycles. The third-order valence-corrected chi connectivity index (χ3v) is 4.08. The molecule has 0 unspecified atom stereocenters. The lowest BCUT2D eigenvalue weighted by Gasteiger charge is -2.26. The van der Waals surface area contributed by atoms with Crippen LogP contribution in [-0.2, 0) is 0 Å². The average molecular weight is 363 g/mol. The molecule has 0 aliphatic heterocycles. The van der Waals surface area contributed by atoms with Gasteiger partial charge in [0.2, 0.25) is 0 Å². The van der Waals surface area contributed by atoms with Gasteiger partial charge in [-0.1, -0.05) is 11.6 Å². The fourth-order valence-electron chi connectivity index (χ4n) is 2.63. The molecule has 2 rings (SSSR count). The predicted molar refractivity (Wildman–Crippen MR) is 96.5 cm³/mol. The Labute approximate surface area is 151 Å². The number of Topliss-reactive ketones (excluding diaryl/α,β-unsaturated/α-hetero) is 1. The molecule has 0 spiro atoms. The lowest BCUT2D eigenvalue weighted by Crippen LogP contribution is -2.37. The van der Waals surface area contributed by atoms with E-state index >= 15 is 0 Å². The highest BCUT2D eigenvalue weighted by Gasteiger charge is 2.22. The number of carbonyl (C=O) groups is 2. The van der Waals surface area contributed by atoms with Crippen molar-refractivity contribution in [2.75, 3.05) is 6.54 Å². The molecule has 6 heteroatoms. The number of rotatable bonds is 5. The maximum absolute atomic E-state index is 13.8. The van der Waals surface area contributed by atoms with E-state index in [9.17, 15) is 14.0 Å². The number of aromatic nitrogens is 1. The molecule has 25 heavy (non-hydrogen) atoms. The van der Waals surface area contributed by atoms with Gasteiger partial charge < -0.3 is 4.90 Å². The number of ketones is 1. The first-order valence-corrected chi connectivity index (χ1v) is 8.41. The van der Waals surface area contributed by atoms with E-state index < -0.39 is 5.82 Å². The first-order chi connectivity index (χ1) is 11.7. The maximum Gasteiger partial charge on any atom is 0.254 e. The van der Waals surface area contributed by atoms with Crippen molar-refractivity contribution in [2.45, 2.75) is 33.7 Å². The predicted octanol–water partition coefficient (Wildman–Crippen LogP) is 4.61. The van der Waals surface area contributed by atoms with Crippen molar-refractivity contribution in [1.82, 2.24) is 9.88 Å². The van der Waals surface area contributed by atoms with Gasteiger partial charge in [-0.25, -0.2) is 9.37 Å². The number of hydrogen-bond acceptors (Lipinski definition) is 3. The number of amides is 1. The largest absolute Gasteiger partial charge is 0.336 e. The molecule has 0 radical (unpaired) electrons. The van der Waals surface area contributed by atoms with Gasteiger partial charge in [0, 0.05) is 30.1 Å². The minimum Gasteiger partial charge on any atom is -0.336 e. The molecule has 1 heterocycles. The number of carbonyl (C=O) groups excluding carboxylic acids is 2. The van der Waals surface area contributed by atoms with Gasteiger partial charge in [0.25, 0.3) is 5.91 Å². The summed E-state index contributed by atoms with van der Waals surface area (Å²) in [5, 5.41) is 0.328. The summed E-state index contributed by atoms with van der Waals surface area (Å²) in [5.74, 6) is -1.05. The average Bonchev–Trinajstić information content (AvgIpc) is 2.54. The Bertz CT molecular complexity index is 821. The Morgan fingerprint density at radius 1 is 1.24 bits per heavy atom. The smallest absolute Gasteiger partial charge is 0.254 e. The molecule has 0 atom stereocenters. The van der Waals surface area contributed by atoms with E-state index in [0.717, 1.165) is 0 Å². The Kier molecular flexibility index (Phi) is 5.90. The van der Waals surface area contributed by atoms with E-state index in [1.54, 1.807) is 11.0 Å². The fourth-order valence-corrected chi connectivity index (χ4v) is 2.84. The van der Waals surface area contributed by atoms with Gasteiger partial charge in [0.15, 0.2) is 5.78 Å². The third-order valence-electron chi connectivity index (χ3n) is 3.86. The molecule has 132 valence electrons. The van der Waals surface area contributed by atoms with Gasteiger partial charge in [-0.2, -0.15) is 0 Å². The molecule has 0 N–H and O–H groups in total. The van der Waals surface area contributed by atoms with Crippen LogP contribution in [0.25, 0.3) is 11.3 Å². The van der Waals surface area contributed by atoms with Gasteiger partial charge in [0.1, 0.15) is 11.5 Å². The van der Waals surface area contributed by atoms with E-state index in [-0.39, 0.29) is 29.0 Å². The SMILES string of the molecule is CCN(C(=O)c1cc(F)ccc1-c1cc(Cl)cc(C(C)=O)n1)C(C)C. The standard InChI is InChI=1S/C19H20ClFN2O2/c1-5-23(11(2)3)19(25)16-10-14(21)6-7-15(16)18-9-13(20)8-17(22-18)12(4)24/h6-11H,5H2,1-4H3. The minimum absolute atomic E-state index is 0.0336. The summed E-state index contributed by atoms with van der Waals surface area (Å²) >= 11 is 6.09. The van der Waals surface area contributed by atoms with Gasteiger partial charge in [-0.05, 0) is 51.1 Å². The summed E-state index contributed by atoms with van der Waals surface area (Å²) in [7, 11) is 0. The van der Waals surface area contributed by atoms with Crippen LogP contribution in [0.5, 0.6) is 0 Å². The van der Waals surface area contributed by atoms with Crippen molar-refractivity contribution in [1.29, 1.82) is 0 Å². The Morgan fingerprint density at radius 3 is 2.48 bits per heavy atom. The second kappa shape index (κ2) is 7.74. The number of nitrogens with zero attached hydrogens (tertiary/aromatic N) is 2. The van der Waals surface area contributed by atoms with E-state index in [4.69, 9.17) is 11.6 Å². The van der Waals surface area contributed by atoms with Crippen molar-refractivity contribution in [3.63, 3.8) is 0 Å². The molecule has 0 fully saturated rings. The van der Waals surface area contributed by atoms with Crippen molar-refractivity contribution in [2.24, 2.45) is 0 Å². The van der Waals surface area contributed by atoms with Crippen molar-refractivity contribution in [3.05, 3.63) is 52.4 Å². The molecule has 2 aromatic rings. The van der Waals surface area contributed by atoms with Crippen LogP contribution >= 0.6 is 11.6 Å². The monoisotopic (exact) mass is 362 g/mol. The van der Waals surface area contributed by atoms with Crippen LogP contribution in [0, 0.1) is 5.82 Å².